The van der Waals surface area contributed by atoms with E-state index in [4.69, 9.17) is 4.74 Å². The van der Waals surface area contributed by atoms with Gasteiger partial charge in [0.2, 0.25) is 0 Å². The van der Waals surface area contributed by atoms with Gasteiger partial charge in [-0.2, -0.15) is 0 Å². The summed E-state index contributed by atoms with van der Waals surface area (Å²) in [6, 6.07) is 0. The minimum atomic E-state index is -0.307. The SMILES string of the molecule is CCCCC(=O)C(C)(C)N1CCOCC1. The molecule has 0 saturated carbocycles. The number of carbonyl (C=O) groups is 1. The number of hydrogen-bond acceptors (Lipinski definition) is 3. The number of rotatable bonds is 5. The largest absolute Gasteiger partial charge is 0.379 e. The highest BCUT2D eigenvalue weighted by atomic mass is 16.5. The Morgan fingerprint density at radius 3 is 2.47 bits per heavy atom. The van der Waals surface area contributed by atoms with E-state index in [-0.39, 0.29) is 5.54 Å². The third-order valence-electron chi connectivity index (χ3n) is 3.24. The Labute approximate surface area is 92.8 Å². The molecule has 1 aliphatic rings. The molecule has 0 atom stereocenters. The van der Waals surface area contributed by atoms with Crippen LogP contribution in [0.4, 0.5) is 0 Å². The van der Waals surface area contributed by atoms with Gasteiger partial charge in [0.05, 0.1) is 18.8 Å². The number of carbonyl (C=O) groups excluding carboxylic acids is 1. The van der Waals surface area contributed by atoms with Crippen molar-refractivity contribution in [2.75, 3.05) is 26.3 Å². The summed E-state index contributed by atoms with van der Waals surface area (Å²) >= 11 is 0. The van der Waals surface area contributed by atoms with Gasteiger partial charge >= 0.3 is 0 Å². The first-order chi connectivity index (χ1) is 7.09. The van der Waals surface area contributed by atoms with Crippen molar-refractivity contribution in [1.29, 1.82) is 0 Å². The number of ether oxygens (including phenoxy) is 1. The Morgan fingerprint density at radius 1 is 1.33 bits per heavy atom. The Kier molecular flexibility index (Phi) is 4.74. The first kappa shape index (κ1) is 12.7. The number of ketones is 1. The molecule has 0 radical (unpaired) electrons. The van der Waals surface area contributed by atoms with Gasteiger partial charge in [-0.05, 0) is 20.3 Å². The number of hydrogen-bond donors (Lipinski definition) is 0. The molecule has 88 valence electrons. The van der Waals surface area contributed by atoms with E-state index in [0.717, 1.165) is 39.1 Å². The summed E-state index contributed by atoms with van der Waals surface area (Å²) in [6.45, 7) is 9.46. The predicted octanol–water partition coefficient (Wildman–Crippen LogP) is 1.86. The lowest BCUT2D eigenvalue weighted by atomic mass is 9.92. The molecule has 0 unspecified atom stereocenters. The van der Waals surface area contributed by atoms with Crippen molar-refractivity contribution in [3.8, 4) is 0 Å². The molecule has 3 nitrogen and oxygen atoms in total. The second kappa shape index (κ2) is 5.61. The van der Waals surface area contributed by atoms with E-state index in [1.807, 2.05) is 13.8 Å². The normalized spacial score (nSPS) is 19.1. The van der Waals surface area contributed by atoms with Gasteiger partial charge < -0.3 is 4.74 Å². The number of Topliss-reactive ketones (excluding diaryl/α,β-unsaturated/α-hetero) is 1. The van der Waals surface area contributed by atoms with E-state index in [9.17, 15) is 4.79 Å². The van der Waals surface area contributed by atoms with Crippen molar-refractivity contribution >= 4 is 5.78 Å². The molecule has 1 saturated heterocycles. The minimum absolute atomic E-state index is 0.307. The maximum atomic E-state index is 12.0. The highest BCUT2D eigenvalue weighted by molar-refractivity contribution is 5.87. The third-order valence-corrected chi connectivity index (χ3v) is 3.24. The van der Waals surface area contributed by atoms with Crippen LogP contribution >= 0.6 is 0 Å². The zero-order valence-electron chi connectivity index (χ0n) is 10.2. The van der Waals surface area contributed by atoms with Gasteiger partial charge in [0.25, 0.3) is 0 Å². The average Bonchev–Trinajstić information content (AvgIpc) is 2.27. The van der Waals surface area contributed by atoms with Gasteiger partial charge in [-0.15, -0.1) is 0 Å². The summed E-state index contributed by atoms with van der Waals surface area (Å²) in [5.74, 6) is 0.367. The molecule has 15 heavy (non-hydrogen) atoms. The third kappa shape index (κ3) is 3.28. The molecule has 3 heteroatoms. The van der Waals surface area contributed by atoms with E-state index in [1.165, 1.54) is 0 Å². The van der Waals surface area contributed by atoms with Crippen LogP contribution in [0.3, 0.4) is 0 Å². The zero-order valence-corrected chi connectivity index (χ0v) is 10.2. The quantitative estimate of drug-likeness (QED) is 0.698. The highest BCUT2D eigenvalue weighted by Gasteiger charge is 2.34. The van der Waals surface area contributed by atoms with E-state index in [2.05, 4.69) is 11.8 Å². The standard InChI is InChI=1S/C12H23NO2/c1-4-5-6-11(14)12(2,3)13-7-9-15-10-8-13/h4-10H2,1-3H3. The first-order valence-electron chi connectivity index (χ1n) is 5.95. The molecule has 1 heterocycles. The van der Waals surface area contributed by atoms with Crippen LogP contribution in [0.2, 0.25) is 0 Å². The summed E-state index contributed by atoms with van der Waals surface area (Å²) in [5, 5.41) is 0. The van der Waals surface area contributed by atoms with Crippen LogP contribution in [0.15, 0.2) is 0 Å². The van der Waals surface area contributed by atoms with E-state index in [0.29, 0.717) is 12.2 Å². The van der Waals surface area contributed by atoms with Crippen molar-refractivity contribution < 1.29 is 9.53 Å². The van der Waals surface area contributed by atoms with Gasteiger partial charge in [0.15, 0.2) is 5.78 Å². The van der Waals surface area contributed by atoms with E-state index in [1.54, 1.807) is 0 Å². The Morgan fingerprint density at radius 2 is 1.93 bits per heavy atom. The smallest absolute Gasteiger partial charge is 0.152 e. The van der Waals surface area contributed by atoms with Crippen LogP contribution in [0.25, 0.3) is 0 Å². The number of nitrogens with zero attached hydrogens (tertiary/aromatic N) is 1. The molecule has 0 N–H and O–H groups in total. The van der Waals surface area contributed by atoms with Crippen LogP contribution in [0.1, 0.15) is 40.0 Å². The fourth-order valence-electron chi connectivity index (χ4n) is 1.94. The lowest BCUT2D eigenvalue weighted by Gasteiger charge is -2.39. The molecule has 1 fully saturated rings. The van der Waals surface area contributed by atoms with Gasteiger partial charge in [0.1, 0.15) is 0 Å². The molecule has 0 aromatic heterocycles. The second-order valence-corrected chi connectivity index (χ2v) is 4.69. The Balaban J connectivity index is 2.51. The summed E-state index contributed by atoms with van der Waals surface area (Å²) in [6.07, 6.45) is 2.80. The summed E-state index contributed by atoms with van der Waals surface area (Å²) < 4.78 is 5.30. The molecule has 1 aliphatic heterocycles. The van der Waals surface area contributed by atoms with Gasteiger partial charge in [0, 0.05) is 19.5 Å². The molecule has 0 aromatic carbocycles. The van der Waals surface area contributed by atoms with Crippen molar-refractivity contribution in [2.45, 2.75) is 45.6 Å². The Hall–Kier alpha value is -0.410. The van der Waals surface area contributed by atoms with E-state index >= 15 is 0 Å². The number of unbranched alkanes of at least 4 members (excludes halogenated alkanes) is 1. The molecule has 0 spiro atoms. The van der Waals surface area contributed by atoms with Crippen molar-refractivity contribution in [1.82, 2.24) is 4.90 Å². The molecule has 0 amide bonds. The minimum Gasteiger partial charge on any atom is -0.379 e. The Bertz CT molecular complexity index is 208. The van der Waals surface area contributed by atoms with Crippen molar-refractivity contribution in [3.05, 3.63) is 0 Å². The maximum absolute atomic E-state index is 12.0. The molecule has 1 rings (SSSR count). The predicted molar refractivity (Wildman–Crippen MR) is 61.0 cm³/mol. The molecule has 0 aromatic rings. The fourth-order valence-corrected chi connectivity index (χ4v) is 1.94. The number of morpholine rings is 1. The first-order valence-corrected chi connectivity index (χ1v) is 5.95. The molecular weight excluding hydrogens is 190 g/mol. The summed E-state index contributed by atoms with van der Waals surface area (Å²) in [4.78, 5) is 14.3. The molecule has 0 aliphatic carbocycles. The highest BCUT2D eigenvalue weighted by Crippen LogP contribution is 2.19. The lowest BCUT2D eigenvalue weighted by molar-refractivity contribution is -0.132. The van der Waals surface area contributed by atoms with Crippen molar-refractivity contribution in [3.63, 3.8) is 0 Å². The van der Waals surface area contributed by atoms with Crippen LogP contribution in [-0.4, -0.2) is 42.5 Å². The summed E-state index contributed by atoms with van der Waals surface area (Å²) in [5.41, 5.74) is -0.307. The van der Waals surface area contributed by atoms with Gasteiger partial charge in [-0.3, -0.25) is 9.69 Å². The van der Waals surface area contributed by atoms with Gasteiger partial charge in [-0.1, -0.05) is 13.3 Å². The summed E-state index contributed by atoms with van der Waals surface area (Å²) in [7, 11) is 0. The topological polar surface area (TPSA) is 29.5 Å². The molecular formula is C12H23NO2. The van der Waals surface area contributed by atoms with Gasteiger partial charge in [-0.25, -0.2) is 0 Å². The van der Waals surface area contributed by atoms with Crippen LogP contribution < -0.4 is 0 Å². The molecule has 0 bridgehead atoms. The zero-order chi connectivity index (χ0) is 11.3. The maximum Gasteiger partial charge on any atom is 0.152 e. The second-order valence-electron chi connectivity index (χ2n) is 4.69. The average molecular weight is 213 g/mol. The lowest BCUT2D eigenvalue weighted by Crippen LogP contribution is -2.54. The van der Waals surface area contributed by atoms with Crippen molar-refractivity contribution in [2.24, 2.45) is 0 Å². The van der Waals surface area contributed by atoms with Crippen LogP contribution in [0, 0.1) is 0 Å². The fraction of sp³-hybridized carbons (Fsp3) is 0.917. The monoisotopic (exact) mass is 213 g/mol. The van der Waals surface area contributed by atoms with Crippen LogP contribution in [0.5, 0.6) is 0 Å². The van der Waals surface area contributed by atoms with Crippen LogP contribution in [-0.2, 0) is 9.53 Å². The van der Waals surface area contributed by atoms with E-state index < -0.39 is 0 Å².